The van der Waals surface area contributed by atoms with E-state index in [4.69, 9.17) is 0 Å². The Bertz CT molecular complexity index is 2090. The fourth-order valence-corrected chi connectivity index (χ4v) is 6.34. The number of halogens is 2. The van der Waals surface area contributed by atoms with Crippen LogP contribution in [0, 0.1) is 13.8 Å². The van der Waals surface area contributed by atoms with Crippen molar-refractivity contribution in [2.75, 3.05) is 0 Å². The smallest absolute Gasteiger partial charge is 0.0186 e. The standard InChI is InChI=1S/2C20H15.C2H6Si.2ClH.Hf/c2*1-14-13-16-8-3-5-11-18(16)20(14)19-12-6-9-15-7-2-4-10-17(15)19;1-3-2;;;/h2*2-13H,1H3;1-2H3;2*1H;/q2*-1;;;;+2/p-2. The molecule has 0 N–H and O–H groups in total. The van der Waals surface area contributed by atoms with E-state index in [-0.39, 0.29) is 30.3 Å². The van der Waals surface area contributed by atoms with E-state index in [0.717, 1.165) is 0 Å². The van der Waals surface area contributed by atoms with Crippen LogP contribution in [0.2, 0.25) is 13.1 Å². The molecule has 228 valence electrons. The van der Waals surface area contributed by atoms with Gasteiger partial charge in [-0.3, -0.25) is 0 Å². The molecule has 0 aromatic heterocycles. The predicted octanol–water partition coefficient (Wildman–Crippen LogP) is 6.17. The summed E-state index contributed by atoms with van der Waals surface area (Å²) >= 11 is 1.45. The molecule has 0 aliphatic heterocycles. The predicted molar refractivity (Wildman–Crippen MR) is 192 cm³/mol. The Morgan fingerprint density at radius 2 is 0.739 bits per heavy atom. The molecule has 0 saturated carbocycles. The molecule has 0 radical (unpaired) electrons. The Hall–Kier alpha value is -3.27. The van der Waals surface area contributed by atoms with E-state index in [1.54, 1.807) is 0 Å². The van der Waals surface area contributed by atoms with Crippen LogP contribution in [-0.4, -0.2) is 5.49 Å². The monoisotopic (exact) mass is 818 g/mol. The number of hydrogen-bond acceptors (Lipinski definition) is 0. The molecular weight excluding hydrogens is 782 g/mol. The molecule has 4 heteroatoms. The molecule has 0 aliphatic rings. The zero-order valence-electron chi connectivity index (χ0n) is 26.6. The first kappa shape index (κ1) is 35.6. The molecule has 0 saturated heterocycles. The summed E-state index contributed by atoms with van der Waals surface area (Å²) in [5, 5.41) is 10.6. The van der Waals surface area contributed by atoms with Crippen molar-refractivity contribution >= 4 is 48.6 Å². The molecule has 0 amide bonds. The molecule has 8 aromatic carbocycles. The fourth-order valence-electron chi connectivity index (χ4n) is 6.34. The van der Waals surface area contributed by atoms with Gasteiger partial charge >= 0.3 is 41.6 Å². The SMILES string of the molecule is C[Si](C)=[Hf+2].Cc1[cH-]c2ccccc2c1-c1cccc2ccccc12.Cc1[cH-]c2ccccc2c1-c1cccc2ccccc12.[Cl-].[Cl-]. The second-order valence-electron chi connectivity index (χ2n) is 11.6. The molecule has 8 rings (SSSR count). The molecule has 0 heterocycles. The third-order valence-corrected chi connectivity index (χ3v) is 8.11. The summed E-state index contributed by atoms with van der Waals surface area (Å²) in [6.07, 6.45) is 0. The van der Waals surface area contributed by atoms with Gasteiger partial charge in [-0.25, -0.2) is 0 Å². The van der Waals surface area contributed by atoms with E-state index >= 15 is 0 Å². The molecule has 0 spiro atoms. The molecule has 0 aliphatic carbocycles. The van der Waals surface area contributed by atoms with Crippen LogP contribution in [0.3, 0.4) is 0 Å². The Kier molecular flexibility index (Phi) is 12.4. The van der Waals surface area contributed by atoms with Gasteiger partial charge in [0.25, 0.3) is 0 Å². The first-order chi connectivity index (χ1) is 21.4. The molecule has 0 unspecified atom stereocenters. The van der Waals surface area contributed by atoms with Crippen molar-refractivity contribution in [1.29, 1.82) is 0 Å². The van der Waals surface area contributed by atoms with Crippen molar-refractivity contribution < 1.29 is 47.8 Å². The summed E-state index contributed by atoms with van der Waals surface area (Å²) in [4.78, 5) is 0. The summed E-state index contributed by atoms with van der Waals surface area (Å²) in [6, 6.07) is 52.2. The second-order valence-corrected chi connectivity index (χ2v) is 24.4. The van der Waals surface area contributed by atoms with Gasteiger partial charge in [-0.05, 0) is 21.5 Å². The molecule has 46 heavy (non-hydrogen) atoms. The van der Waals surface area contributed by atoms with Gasteiger partial charge in [0.1, 0.15) is 0 Å². The van der Waals surface area contributed by atoms with Gasteiger partial charge in [-0.15, -0.1) is 92.3 Å². The van der Waals surface area contributed by atoms with Crippen LogP contribution in [0.4, 0.5) is 0 Å². The second kappa shape index (κ2) is 16.0. The van der Waals surface area contributed by atoms with Gasteiger partial charge in [-0.1, -0.05) is 122 Å². The fraction of sp³-hybridized carbons (Fsp3) is 0.0952. The zero-order chi connectivity index (χ0) is 30.6. The van der Waals surface area contributed by atoms with Gasteiger partial charge in [0, 0.05) is 0 Å². The molecule has 0 fully saturated rings. The minimum atomic E-state index is 0. The van der Waals surface area contributed by atoms with E-state index in [1.807, 2.05) is 0 Å². The van der Waals surface area contributed by atoms with Crippen LogP contribution < -0.4 is 24.8 Å². The van der Waals surface area contributed by atoms with Crippen molar-refractivity contribution in [3.63, 3.8) is 0 Å². The molecule has 0 nitrogen and oxygen atoms in total. The average Bonchev–Trinajstić information content (AvgIpc) is 3.55. The van der Waals surface area contributed by atoms with Gasteiger partial charge < -0.3 is 24.8 Å². The van der Waals surface area contributed by atoms with Crippen LogP contribution in [0.5, 0.6) is 0 Å². The van der Waals surface area contributed by atoms with Gasteiger partial charge in [0.05, 0.1) is 0 Å². The van der Waals surface area contributed by atoms with E-state index in [2.05, 4.69) is 173 Å². The molecule has 0 atom stereocenters. The summed E-state index contributed by atoms with van der Waals surface area (Å²) in [5.41, 5.74) is 8.37. The topological polar surface area (TPSA) is 0 Å². The first-order valence-corrected chi connectivity index (χ1v) is 23.1. The quantitative estimate of drug-likeness (QED) is 0.145. The van der Waals surface area contributed by atoms with Crippen LogP contribution in [-0.2, 0) is 23.0 Å². The minimum absolute atomic E-state index is 0. The third kappa shape index (κ3) is 7.48. The van der Waals surface area contributed by atoms with Crippen molar-refractivity contribution in [2.45, 2.75) is 26.9 Å². The summed E-state index contributed by atoms with van der Waals surface area (Å²) in [7, 11) is 0. The summed E-state index contributed by atoms with van der Waals surface area (Å²) in [5.74, 6) is 0. The van der Waals surface area contributed by atoms with Crippen LogP contribution in [0.25, 0.3) is 65.3 Å². The van der Waals surface area contributed by atoms with Crippen LogP contribution >= 0.6 is 0 Å². The minimum Gasteiger partial charge on any atom is -1.00 e. The Morgan fingerprint density at radius 1 is 0.435 bits per heavy atom. The maximum Gasteiger partial charge on any atom is -0.0186 e. The Labute approximate surface area is 300 Å². The van der Waals surface area contributed by atoms with Crippen molar-refractivity contribution in [1.82, 2.24) is 0 Å². The normalized spacial score (nSPS) is 10.4. The maximum atomic E-state index is 2.33. The van der Waals surface area contributed by atoms with Crippen LogP contribution in [0.15, 0.2) is 146 Å². The zero-order valence-corrected chi connectivity index (χ0v) is 32.7. The first-order valence-electron chi connectivity index (χ1n) is 15.2. The van der Waals surface area contributed by atoms with Crippen LogP contribution in [0.1, 0.15) is 11.1 Å². The molecule has 0 bridgehead atoms. The van der Waals surface area contributed by atoms with E-state index in [0.29, 0.717) is 0 Å². The number of benzene rings is 6. The number of hydrogen-bond donors (Lipinski definition) is 0. The molecular formula is C42H36Cl2HfSi-2. The van der Waals surface area contributed by atoms with Crippen molar-refractivity contribution in [2.24, 2.45) is 0 Å². The average molecular weight is 818 g/mol. The van der Waals surface area contributed by atoms with Crippen molar-refractivity contribution in [3.8, 4) is 22.3 Å². The summed E-state index contributed by atoms with van der Waals surface area (Å²) < 4.78 is 0. The Balaban J connectivity index is 0.000000180. The number of fused-ring (bicyclic) bond motifs is 4. The van der Waals surface area contributed by atoms with Gasteiger partial charge in [-0.2, -0.15) is 0 Å². The third-order valence-electron chi connectivity index (χ3n) is 8.11. The largest absolute Gasteiger partial charge is 1.00 e. The number of aryl methyl sites for hydroxylation is 2. The maximum absolute atomic E-state index is 2.33. The molecule has 8 aromatic rings. The summed E-state index contributed by atoms with van der Waals surface area (Å²) in [6.45, 7) is 9.07. The van der Waals surface area contributed by atoms with E-state index < -0.39 is 0 Å². The van der Waals surface area contributed by atoms with Gasteiger partial charge in [0.15, 0.2) is 0 Å². The van der Waals surface area contributed by atoms with E-state index in [1.165, 1.54) is 99.5 Å². The van der Waals surface area contributed by atoms with E-state index in [9.17, 15) is 0 Å². The number of rotatable bonds is 2. The van der Waals surface area contributed by atoms with Gasteiger partial charge in [0.2, 0.25) is 0 Å². The van der Waals surface area contributed by atoms with Crippen molar-refractivity contribution in [3.05, 3.63) is 157 Å². The Morgan fingerprint density at radius 3 is 1.13 bits per heavy atom.